The maximum Gasteiger partial charge on any atom is 0.507 e. The average Bonchev–Trinajstić information content (AvgIpc) is 3.15. The highest BCUT2D eigenvalue weighted by Gasteiger charge is 2.42. The van der Waals surface area contributed by atoms with Crippen LogP contribution in [0.1, 0.15) is 32.6 Å². The number of carbonyl (C=O) groups excluding carboxylic acids is 1. The molecule has 0 saturated carbocycles. The second kappa shape index (κ2) is 9.87. The third-order valence-electron chi connectivity index (χ3n) is 5.85. The van der Waals surface area contributed by atoms with Gasteiger partial charge in [-0.3, -0.25) is 4.79 Å². The Balaban J connectivity index is 1.49. The van der Waals surface area contributed by atoms with E-state index in [0.29, 0.717) is 30.1 Å². The van der Waals surface area contributed by atoms with Crippen molar-refractivity contribution >= 4 is 12.1 Å². The van der Waals surface area contributed by atoms with Gasteiger partial charge in [-0.1, -0.05) is 54.1 Å². The number of hydrogen-bond acceptors (Lipinski definition) is 5. The van der Waals surface area contributed by atoms with Gasteiger partial charge in [-0.2, -0.15) is 0 Å². The minimum atomic E-state index is -1.44. The molecule has 0 aromatic heterocycles. The van der Waals surface area contributed by atoms with Crippen molar-refractivity contribution in [3.05, 3.63) is 94.5 Å². The highest BCUT2D eigenvalue weighted by atomic mass is 16.7. The van der Waals surface area contributed by atoms with Crippen LogP contribution in [0.2, 0.25) is 0 Å². The molecule has 0 atom stereocenters. The van der Waals surface area contributed by atoms with Crippen molar-refractivity contribution in [1.29, 1.82) is 0 Å². The van der Waals surface area contributed by atoms with Gasteiger partial charge in [0.1, 0.15) is 0 Å². The molecule has 0 saturated heterocycles. The lowest BCUT2D eigenvalue weighted by Crippen LogP contribution is -2.52. The number of methoxy groups -OCH3 is 1. The normalized spacial score (nSPS) is 13.6. The third-order valence-corrected chi connectivity index (χ3v) is 5.85. The fourth-order valence-corrected chi connectivity index (χ4v) is 4.29. The first-order valence-corrected chi connectivity index (χ1v) is 11.0. The summed E-state index contributed by atoms with van der Waals surface area (Å²) in [7, 11) is 1.54. The number of aryl methyl sites for hydroxylation is 1. The van der Waals surface area contributed by atoms with Gasteiger partial charge in [0, 0.05) is 24.8 Å². The van der Waals surface area contributed by atoms with Gasteiger partial charge in [0.05, 0.1) is 13.7 Å². The Kier molecular flexibility index (Phi) is 6.72. The van der Waals surface area contributed by atoms with Crippen LogP contribution in [0.15, 0.2) is 66.7 Å². The Morgan fingerprint density at radius 2 is 1.71 bits per heavy atom. The van der Waals surface area contributed by atoms with E-state index in [4.69, 9.17) is 14.2 Å². The number of hydrogen-bond donors (Lipinski definition) is 2. The Morgan fingerprint density at radius 3 is 2.35 bits per heavy atom. The zero-order chi connectivity index (χ0) is 24.1. The number of amides is 1. The third kappa shape index (κ3) is 5.31. The zero-order valence-corrected chi connectivity index (χ0v) is 19.2. The first-order valence-electron chi connectivity index (χ1n) is 11.0. The van der Waals surface area contributed by atoms with Crippen LogP contribution in [0.4, 0.5) is 4.79 Å². The molecule has 4 rings (SSSR count). The van der Waals surface area contributed by atoms with Crippen molar-refractivity contribution in [3.8, 4) is 11.5 Å². The fourth-order valence-electron chi connectivity index (χ4n) is 4.29. The first kappa shape index (κ1) is 23.2. The molecule has 0 bridgehead atoms. The van der Waals surface area contributed by atoms with Gasteiger partial charge in [0.15, 0.2) is 17.2 Å². The van der Waals surface area contributed by atoms with Crippen molar-refractivity contribution in [2.24, 2.45) is 0 Å². The topological polar surface area (TPSA) is 94.1 Å². The van der Waals surface area contributed by atoms with Crippen molar-refractivity contribution in [2.45, 2.75) is 31.9 Å². The largest absolute Gasteiger partial charge is 0.507 e. The monoisotopic (exact) mass is 461 g/mol. The molecular formula is C27H27NO6. The number of fused-ring (bicyclic) bond motifs is 1. The second-order valence-electron chi connectivity index (χ2n) is 8.39. The van der Waals surface area contributed by atoms with Gasteiger partial charge in [0.2, 0.25) is 0 Å². The summed E-state index contributed by atoms with van der Waals surface area (Å²) < 4.78 is 16.5. The molecule has 1 aliphatic rings. The highest BCUT2D eigenvalue weighted by molar-refractivity contribution is 5.95. The van der Waals surface area contributed by atoms with E-state index in [-0.39, 0.29) is 12.8 Å². The molecule has 7 heteroatoms. The summed E-state index contributed by atoms with van der Waals surface area (Å²) in [5.41, 5.74) is 3.17. The predicted molar refractivity (Wildman–Crippen MR) is 127 cm³/mol. The Labute approximate surface area is 198 Å². The van der Waals surface area contributed by atoms with Gasteiger partial charge in [-0.15, -0.1) is 0 Å². The maximum absolute atomic E-state index is 13.1. The smallest absolute Gasteiger partial charge is 0.493 e. The Bertz CT molecular complexity index is 1180. The van der Waals surface area contributed by atoms with Gasteiger partial charge < -0.3 is 24.6 Å². The molecule has 3 aromatic carbocycles. The number of carbonyl (C=O) groups is 2. The summed E-state index contributed by atoms with van der Waals surface area (Å²) in [5.74, 6) is 0.483. The minimum absolute atomic E-state index is 0.261. The molecule has 7 nitrogen and oxygen atoms in total. The van der Waals surface area contributed by atoms with Gasteiger partial charge >= 0.3 is 6.16 Å². The molecule has 2 N–H and O–H groups in total. The lowest BCUT2D eigenvalue weighted by molar-refractivity contribution is -0.0299. The van der Waals surface area contributed by atoms with Crippen LogP contribution in [-0.2, 0) is 24.0 Å². The molecule has 0 aliphatic heterocycles. The molecule has 176 valence electrons. The SMILES string of the molecule is COc1ccc(C(=O)NC2(OC(=O)O)Cc3ccccc3C2)cc1OCCc1cccc(C)c1. The van der Waals surface area contributed by atoms with Gasteiger partial charge in [0.25, 0.3) is 5.91 Å². The number of carboxylic acid groups (broad SMARTS) is 1. The molecule has 1 aliphatic carbocycles. The predicted octanol–water partition coefficient (Wildman–Crippen LogP) is 4.54. The standard InChI is InChI=1S/C27H27NO6/c1-18-6-5-7-19(14-18)12-13-33-24-15-20(10-11-23(24)32-2)25(29)28-27(34-26(30)31)16-21-8-3-4-9-22(21)17-27/h3-11,14-15H,12-13,16-17H2,1-2H3,(H,28,29)(H,30,31). The summed E-state index contributed by atoms with van der Waals surface area (Å²) in [6.07, 6.45) is -0.216. The Hall–Kier alpha value is -4.00. The molecular weight excluding hydrogens is 434 g/mol. The average molecular weight is 462 g/mol. The summed E-state index contributed by atoms with van der Waals surface area (Å²) >= 11 is 0. The van der Waals surface area contributed by atoms with E-state index in [9.17, 15) is 14.7 Å². The summed E-state index contributed by atoms with van der Waals surface area (Å²) in [6.45, 7) is 2.45. The van der Waals surface area contributed by atoms with E-state index in [1.54, 1.807) is 18.2 Å². The maximum atomic E-state index is 13.1. The van der Waals surface area contributed by atoms with E-state index >= 15 is 0 Å². The van der Waals surface area contributed by atoms with E-state index in [0.717, 1.165) is 16.7 Å². The molecule has 0 heterocycles. The van der Waals surface area contributed by atoms with Crippen LogP contribution in [0, 0.1) is 6.92 Å². The van der Waals surface area contributed by atoms with Crippen LogP contribution >= 0.6 is 0 Å². The number of nitrogens with one attached hydrogen (secondary N) is 1. The first-order chi connectivity index (χ1) is 16.4. The molecule has 34 heavy (non-hydrogen) atoms. The fraction of sp³-hybridized carbons (Fsp3) is 0.259. The van der Waals surface area contributed by atoms with Crippen LogP contribution in [0.3, 0.4) is 0 Å². The molecule has 0 spiro atoms. The van der Waals surface area contributed by atoms with Crippen molar-refractivity contribution < 1.29 is 28.9 Å². The highest BCUT2D eigenvalue weighted by Crippen LogP contribution is 2.33. The van der Waals surface area contributed by atoms with Crippen molar-refractivity contribution in [2.75, 3.05) is 13.7 Å². The quantitative estimate of drug-likeness (QED) is 0.378. The Morgan fingerprint density at radius 1 is 0.971 bits per heavy atom. The van der Waals surface area contributed by atoms with Gasteiger partial charge in [-0.05, 0) is 41.8 Å². The van der Waals surface area contributed by atoms with Crippen molar-refractivity contribution in [3.63, 3.8) is 0 Å². The van der Waals surface area contributed by atoms with Crippen molar-refractivity contribution in [1.82, 2.24) is 5.32 Å². The summed E-state index contributed by atoms with van der Waals surface area (Å²) in [4.78, 5) is 24.6. The molecule has 0 fully saturated rings. The number of rotatable bonds is 8. The van der Waals surface area contributed by atoms with E-state index in [2.05, 4.69) is 11.4 Å². The lowest BCUT2D eigenvalue weighted by Gasteiger charge is -2.28. The molecule has 1 amide bonds. The molecule has 0 radical (unpaired) electrons. The van der Waals surface area contributed by atoms with E-state index in [1.807, 2.05) is 49.4 Å². The zero-order valence-electron chi connectivity index (χ0n) is 19.2. The molecule has 3 aromatic rings. The van der Waals surface area contributed by atoms with Crippen LogP contribution < -0.4 is 14.8 Å². The van der Waals surface area contributed by atoms with E-state index < -0.39 is 17.8 Å². The second-order valence-corrected chi connectivity index (χ2v) is 8.39. The van der Waals surface area contributed by atoms with Crippen LogP contribution in [0.25, 0.3) is 0 Å². The molecule has 0 unspecified atom stereocenters. The lowest BCUT2D eigenvalue weighted by atomic mass is 10.1. The van der Waals surface area contributed by atoms with Crippen LogP contribution in [0.5, 0.6) is 11.5 Å². The summed E-state index contributed by atoms with van der Waals surface area (Å²) in [5, 5.41) is 12.1. The van der Waals surface area contributed by atoms with Gasteiger partial charge in [-0.25, -0.2) is 4.79 Å². The van der Waals surface area contributed by atoms with E-state index in [1.165, 1.54) is 12.7 Å². The number of benzene rings is 3. The number of ether oxygens (including phenoxy) is 3. The summed E-state index contributed by atoms with van der Waals surface area (Å²) in [6, 6.07) is 20.6. The van der Waals surface area contributed by atoms with Crippen LogP contribution in [-0.4, -0.2) is 36.6 Å². The minimum Gasteiger partial charge on any atom is -0.493 e.